The SMILES string of the molecule is CN=C(NCCCc1nnc2n1CCCCC2)N1CCOC(c2ccc(C)cc2C)C1. The first-order valence-electron chi connectivity index (χ1n) is 11.7. The molecule has 0 aliphatic carbocycles. The second-order valence-corrected chi connectivity index (χ2v) is 8.74. The highest BCUT2D eigenvalue weighted by atomic mass is 16.5. The molecule has 1 unspecified atom stereocenters. The molecule has 31 heavy (non-hydrogen) atoms. The Labute approximate surface area is 185 Å². The van der Waals surface area contributed by atoms with Crippen LogP contribution in [0.2, 0.25) is 0 Å². The summed E-state index contributed by atoms with van der Waals surface area (Å²) >= 11 is 0. The van der Waals surface area contributed by atoms with Gasteiger partial charge < -0.3 is 19.5 Å². The maximum atomic E-state index is 6.10. The highest BCUT2D eigenvalue weighted by molar-refractivity contribution is 5.80. The number of benzene rings is 1. The molecule has 2 aromatic rings. The van der Waals surface area contributed by atoms with E-state index in [1.165, 1.54) is 41.8 Å². The molecule has 0 saturated carbocycles. The fourth-order valence-electron chi connectivity index (χ4n) is 4.73. The number of morpholine rings is 1. The summed E-state index contributed by atoms with van der Waals surface area (Å²) in [5.41, 5.74) is 3.86. The molecule has 1 aromatic heterocycles. The third-order valence-electron chi connectivity index (χ3n) is 6.40. The van der Waals surface area contributed by atoms with Crippen molar-refractivity contribution < 1.29 is 4.74 Å². The van der Waals surface area contributed by atoms with Gasteiger partial charge in [0.25, 0.3) is 0 Å². The summed E-state index contributed by atoms with van der Waals surface area (Å²) in [5, 5.41) is 12.4. The Morgan fingerprint density at radius 3 is 2.94 bits per heavy atom. The van der Waals surface area contributed by atoms with E-state index in [1.54, 1.807) is 0 Å². The molecule has 0 bridgehead atoms. The van der Waals surface area contributed by atoms with E-state index in [0.717, 1.165) is 57.2 Å². The summed E-state index contributed by atoms with van der Waals surface area (Å²) in [5.74, 6) is 3.26. The number of nitrogens with zero attached hydrogens (tertiary/aromatic N) is 5. The van der Waals surface area contributed by atoms with Gasteiger partial charge in [0.15, 0.2) is 5.96 Å². The van der Waals surface area contributed by atoms with Crippen LogP contribution in [0.25, 0.3) is 0 Å². The Morgan fingerprint density at radius 1 is 1.19 bits per heavy atom. The molecule has 1 saturated heterocycles. The van der Waals surface area contributed by atoms with Crippen LogP contribution in [0.4, 0.5) is 0 Å². The Balaban J connectivity index is 1.30. The van der Waals surface area contributed by atoms with Crippen molar-refractivity contribution in [3.8, 4) is 0 Å². The number of ether oxygens (including phenoxy) is 1. The van der Waals surface area contributed by atoms with Crippen LogP contribution in [0.3, 0.4) is 0 Å². The van der Waals surface area contributed by atoms with E-state index >= 15 is 0 Å². The Kier molecular flexibility index (Phi) is 7.22. The molecule has 0 amide bonds. The molecule has 1 aromatic carbocycles. The maximum absolute atomic E-state index is 6.10. The van der Waals surface area contributed by atoms with Crippen molar-refractivity contribution >= 4 is 5.96 Å². The summed E-state index contributed by atoms with van der Waals surface area (Å²) in [6.07, 6.45) is 6.88. The molecule has 1 N–H and O–H groups in total. The largest absolute Gasteiger partial charge is 0.370 e. The molecule has 7 nitrogen and oxygen atoms in total. The molecular formula is C24H36N6O. The minimum atomic E-state index is 0.0827. The normalized spacial score (nSPS) is 19.8. The molecule has 3 heterocycles. The van der Waals surface area contributed by atoms with Crippen molar-refractivity contribution in [2.45, 2.75) is 65.0 Å². The van der Waals surface area contributed by atoms with Gasteiger partial charge in [-0.2, -0.15) is 0 Å². The molecule has 7 heteroatoms. The van der Waals surface area contributed by atoms with Crippen molar-refractivity contribution in [2.75, 3.05) is 33.3 Å². The van der Waals surface area contributed by atoms with E-state index in [2.05, 4.69) is 62.0 Å². The van der Waals surface area contributed by atoms with Gasteiger partial charge in [-0.25, -0.2) is 0 Å². The predicted octanol–water partition coefficient (Wildman–Crippen LogP) is 3.20. The van der Waals surface area contributed by atoms with Crippen LogP contribution in [-0.4, -0.2) is 58.9 Å². The van der Waals surface area contributed by atoms with E-state index in [1.807, 2.05) is 7.05 Å². The standard InChI is InChI=1S/C24H36N6O/c1-18-10-11-20(19(2)16-18)21-17-29(14-15-31-21)24(25-3)26-12-7-9-23-28-27-22-8-5-4-6-13-30(22)23/h10-11,16,21H,4-9,12-15,17H2,1-3H3,(H,25,26). The number of hydrogen-bond donors (Lipinski definition) is 1. The van der Waals surface area contributed by atoms with E-state index in [9.17, 15) is 0 Å². The van der Waals surface area contributed by atoms with Crippen LogP contribution in [0.1, 0.15) is 60.1 Å². The lowest BCUT2D eigenvalue weighted by molar-refractivity contribution is -0.00831. The zero-order valence-electron chi connectivity index (χ0n) is 19.2. The lowest BCUT2D eigenvalue weighted by atomic mass is 10.00. The minimum Gasteiger partial charge on any atom is -0.370 e. The van der Waals surface area contributed by atoms with E-state index < -0.39 is 0 Å². The highest BCUT2D eigenvalue weighted by Gasteiger charge is 2.25. The monoisotopic (exact) mass is 424 g/mol. The number of rotatable bonds is 5. The first-order chi connectivity index (χ1) is 15.2. The summed E-state index contributed by atoms with van der Waals surface area (Å²) in [4.78, 5) is 6.85. The quantitative estimate of drug-likeness (QED) is 0.454. The number of nitrogens with one attached hydrogen (secondary N) is 1. The van der Waals surface area contributed by atoms with E-state index in [4.69, 9.17) is 4.74 Å². The smallest absolute Gasteiger partial charge is 0.193 e. The Hall–Kier alpha value is -2.41. The molecule has 168 valence electrons. The summed E-state index contributed by atoms with van der Waals surface area (Å²) in [7, 11) is 1.86. The van der Waals surface area contributed by atoms with Crippen LogP contribution in [0.15, 0.2) is 23.2 Å². The van der Waals surface area contributed by atoms with E-state index in [0.29, 0.717) is 6.61 Å². The van der Waals surface area contributed by atoms with Crippen LogP contribution in [0.5, 0.6) is 0 Å². The van der Waals surface area contributed by atoms with Crippen LogP contribution < -0.4 is 5.32 Å². The summed E-state index contributed by atoms with van der Waals surface area (Å²) in [6.45, 7) is 8.64. The van der Waals surface area contributed by atoms with Crippen molar-refractivity contribution in [1.82, 2.24) is 25.0 Å². The molecule has 4 rings (SSSR count). The number of hydrogen-bond acceptors (Lipinski definition) is 4. The van der Waals surface area contributed by atoms with Gasteiger partial charge in [-0.1, -0.05) is 30.2 Å². The van der Waals surface area contributed by atoms with Crippen molar-refractivity contribution in [3.63, 3.8) is 0 Å². The van der Waals surface area contributed by atoms with Gasteiger partial charge in [-0.3, -0.25) is 4.99 Å². The third-order valence-corrected chi connectivity index (χ3v) is 6.40. The van der Waals surface area contributed by atoms with Crippen molar-refractivity contribution in [2.24, 2.45) is 4.99 Å². The van der Waals surface area contributed by atoms with Gasteiger partial charge in [-0.05, 0) is 44.2 Å². The van der Waals surface area contributed by atoms with Gasteiger partial charge in [0, 0.05) is 39.5 Å². The molecule has 2 aliphatic heterocycles. The molecule has 0 radical (unpaired) electrons. The summed E-state index contributed by atoms with van der Waals surface area (Å²) in [6, 6.07) is 6.61. The molecule has 2 aliphatic rings. The van der Waals surface area contributed by atoms with Crippen molar-refractivity contribution in [1.29, 1.82) is 0 Å². The first kappa shape index (κ1) is 21.8. The fourth-order valence-corrected chi connectivity index (χ4v) is 4.73. The lowest BCUT2D eigenvalue weighted by Gasteiger charge is -2.35. The topological polar surface area (TPSA) is 67.6 Å². The van der Waals surface area contributed by atoms with E-state index in [-0.39, 0.29) is 6.10 Å². The number of guanidine groups is 1. The molecule has 1 atom stereocenters. The molecule has 0 spiro atoms. The molecule has 1 fully saturated rings. The zero-order valence-corrected chi connectivity index (χ0v) is 19.2. The van der Waals surface area contributed by atoms with Crippen LogP contribution >= 0.6 is 0 Å². The highest BCUT2D eigenvalue weighted by Crippen LogP contribution is 2.26. The van der Waals surface area contributed by atoms with Crippen molar-refractivity contribution in [3.05, 3.63) is 46.5 Å². The third kappa shape index (κ3) is 5.26. The number of aryl methyl sites for hydroxylation is 4. The fraction of sp³-hybridized carbons (Fsp3) is 0.625. The van der Waals surface area contributed by atoms with Gasteiger partial charge >= 0.3 is 0 Å². The van der Waals surface area contributed by atoms with Gasteiger partial charge in [-0.15, -0.1) is 10.2 Å². The number of aromatic nitrogens is 3. The first-order valence-corrected chi connectivity index (χ1v) is 11.7. The van der Waals surface area contributed by atoms with Crippen LogP contribution in [0, 0.1) is 13.8 Å². The number of fused-ring (bicyclic) bond motifs is 1. The summed E-state index contributed by atoms with van der Waals surface area (Å²) < 4.78 is 8.45. The second-order valence-electron chi connectivity index (χ2n) is 8.74. The molecular weight excluding hydrogens is 388 g/mol. The van der Waals surface area contributed by atoms with Crippen LogP contribution in [-0.2, 0) is 24.1 Å². The second kappa shape index (κ2) is 10.3. The average Bonchev–Trinajstić information content (AvgIpc) is 3.00. The number of aliphatic imine (C=N–C) groups is 1. The maximum Gasteiger partial charge on any atom is 0.193 e. The predicted molar refractivity (Wildman–Crippen MR) is 123 cm³/mol. The zero-order chi connectivity index (χ0) is 21.6. The van der Waals surface area contributed by atoms with Gasteiger partial charge in [0.1, 0.15) is 17.8 Å². The average molecular weight is 425 g/mol. The van der Waals surface area contributed by atoms with Gasteiger partial charge in [0.05, 0.1) is 13.2 Å². The lowest BCUT2D eigenvalue weighted by Crippen LogP contribution is -2.48. The Bertz CT molecular complexity index is 905. The Morgan fingerprint density at radius 2 is 2.10 bits per heavy atom. The van der Waals surface area contributed by atoms with Gasteiger partial charge in [0.2, 0.25) is 0 Å². The minimum absolute atomic E-state index is 0.0827.